The summed E-state index contributed by atoms with van der Waals surface area (Å²) >= 11 is 1.21. The molecule has 7 N–H and O–H groups in total. The van der Waals surface area contributed by atoms with E-state index >= 15 is 0 Å². The van der Waals surface area contributed by atoms with Crippen molar-refractivity contribution >= 4 is 40.3 Å². The van der Waals surface area contributed by atoms with E-state index in [0.717, 1.165) is 16.0 Å². The number of carboxylic acid groups (broad SMARTS) is 1. The fourth-order valence-corrected chi connectivity index (χ4v) is 3.90. The number of urea groups is 1. The molecule has 0 fully saturated rings. The summed E-state index contributed by atoms with van der Waals surface area (Å²) in [6.07, 6.45) is 4.34. The molecular formula is C21H26N4O4S. The number of nitrogens with two attached hydrogens (primary N) is 2. The zero-order valence-corrected chi connectivity index (χ0v) is 17.7. The number of carbonyl (C=O) groups is 3. The molecule has 0 radical (unpaired) electrons. The number of aliphatic carboxylic acids is 1. The van der Waals surface area contributed by atoms with E-state index < -0.39 is 23.9 Å². The summed E-state index contributed by atoms with van der Waals surface area (Å²) in [6, 6.07) is 7.86. The lowest BCUT2D eigenvalue weighted by Crippen LogP contribution is -2.37. The number of hydrogen-bond donors (Lipinski definition) is 5. The molecule has 8 nitrogen and oxygen atoms in total. The Bertz CT molecular complexity index is 935. The van der Waals surface area contributed by atoms with E-state index in [1.807, 2.05) is 50.3 Å². The van der Waals surface area contributed by atoms with Crippen molar-refractivity contribution < 1.29 is 19.5 Å². The van der Waals surface area contributed by atoms with E-state index in [-0.39, 0.29) is 5.56 Å². The molecule has 0 saturated carbocycles. The Morgan fingerprint density at radius 1 is 1.17 bits per heavy atom. The van der Waals surface area contributed by atoms with Crippen molar-refractivity contribution in [1.29, 1.82) is 0 Å². The molecule has 1 aromatic carbocycles. The maximum absolute atomic E-state index is 11.6. The lowest BCUT2D eigenvalue weighted by Gasteiger charge is -2.15. The summed E-state index contributed by atoms with van der Waals surface area (Å²) in [4.78, 5) is 34.7. The first-order valence-electron chi connectivity index (χ1n) is 9.40. The van der Waals surface area contributed by atoms with Gasteiger partial charge in [0.05, 0.1) is 5.56 Å². The number of anilines is 1. The molecule has 0 saturated heterocycles. The predicted octanol–water partition coefficient (Wildman–Crippen LogP) is 3.11. The van der Waals surface area contributed by atoms with Gasteiger partial charge in [0.25, 0.3) is 5.91 Å². The molecule has 0 spiro atoms. The highest BCUT2D eigenvalue weighted by atomic mass is 32.1. The van der Waals surface area contributed by atoms with E-state index in [4.69, 9.17) is 11.5 Å². The lowest BCUT2D eigenvalue weighted by atomic mass is 10.0. The highest BCUT2D eigenvalue weighted by Crippen LogP contribution is 2.35. The topological polar surface area (TPSA) is 148 Å². The van der Waals surface area contributed by atoms with Crippen molar-refractivity contribution in [2.75, 3.05) is 11.9 Å². The summed E-state index contributed by atoms with van der Waals surface area (Å²) in [5.41, 5.74) is 12.5. The molecule has 2 aromatic rings. The second-order valence-corrected chi connectivity index (χ2v) is 8.21. The first-order valence-corrected chi connectivity index (χ1v) is 10.2. The number of hydrogen-bond acceptors (Lipinski definition) is 5. The van der Waals surface area contributed by atoms with Gasteiger partial charge in [-0.1, -0.05) is 50.3 Å². The SMILES string of the molecule is CC(C)C[C@H](NCC=Cc1ccc(-c2cc(C(N)=O)c(NC(N)=O)s2)cc1)C(=O)O. The van der Waals surface area contributed by atoms with Gasteiger partial charge < -0.3 is 21.9 Å². The van der Waals surface area contributed by atoms with E-state index in [1.165, 1.54) is 11.3 Å². The van der Waals surface area contributed by atoms with Crippen LogP contribution in [-0.4, -0.2) is 35.6 Å². The van der Waals surface area contributed by atoms with Crippen LogP contribution in [0.1, 0.15) is 36.2 Å². The highest BCUT2D eigenvalue weighted by molar-refractivity contribution is 7.20. The van der Waals surface area contributed by atoms with Crippen molar-refractivity contribution in [3.63, 3.8) is 0 Å². The minimum Gasteiger partial charge on any atom is -0.480 e. The van der Waals surface area contributed by atoms with Gasteiger partial charge in [-0.2, -0.15) is 0 Å². The van der Waals surface area contributed by atoms with Crippen LogP contribution in [0.5, 0.6) is 0 Å². The summed E-state index contributed by atoms with van der Waals surface area (Å²) in [7, 11) is 0. The van der Waals surface area contributed by atoms with Crippen LogP contribution in [0.4, 0.5) is 9.80 Å². The molecule has 1 heterocycles. The average Bonchev–Trinajstić information content (AvgIpc) is 3.07. The van der Waals surface area contributed by atoms with Gasteiger partial charge in [-0.25, -0.2) is 4.79 Å². The molecule has 3 amide bonds. The Morgan fingerprint density at radius 2 is 1.83 bits per heavy atom. The van der Waals surface area contributed by atoms with Gasteiger partial charge in [-0.05, 0) is 29.5 Å². The van der Waals surface area contributed by atoms with Crippen molar-refractivity contribution in [2.45, 2.75) is 26.3 Å². The van der Waals surface area contributed by atoms with Crippen LogP contribution in [0.3, 0.4) is 0 Å². The summed E-state index contributed by atoms with van der Waals surface area (Å²) < 4.78 is 0. The summed E-state index contributed by atoms with van der Waals surface area (Å²) in [5.74, 6) is -1.20. The Labute approximate surface area is 179 Å². The van der Waals surface area contributed by atoms with Crippen molar-refractivity contribution in [2.24, 2.45) is 17.4 Å². The summed E-state index contributed by atoms with van der Waals surface area (Å²) in [6.45, 7) is 4.42. The number of rotatable bonds is 10. The van der Waals surface area contributed by atoms with Crippen LogP contribution >= 0.6 is 11.3 Å². The van der Waals surface area contributed by atoms with Gasteiger partial charge in [-0.3, -0.25) is 14.9 Å². The third kappa shape index (κ3) is 6.71. The lowest BCUT2D eigenvalue weighted by molar-refractivity contribution is -0.139. The standard InChI is InChI=1S/C21H26N4O4S/c1-12(2)10-16(20(27)28)24-9-3-4-13-5-7-14(8-6-13)17-11-15(18(22)26)19(30-17)25-21(23)29/h3-8,11-12,16,24H,9-10H2,1-2H3,(H2,22,26)(H,27,28)(H3,23,25,29)/t16-/m0/s1. The average molecular weight is 431 g/mol. The first kappa shape index (κ1) is 23.1. The molecule has 9 heteroatoms. The van der Waals surface area contributed by atoms with Crippen LogP contribution in [0.25, 0.3) is 16.5 Å². The Hall–Kier alpha value is -3.17. The molecule has 0 aliphatic heterocycles. The highest BCUT2D eigenvalue weighted by Gasteiger charge is 2.17. The van der Waals surface area contributed by atoms with E-state index in [0.29, 0.717) is 23.9 Å². The van der Waals surface area contributed by atoms with Crippen molar-refractivity contribution in [1.82, 2.24) is 5.32 Å². The largest absolute Gasteiger partial charge is 0.480 e. The molecule has 0 aliphatic rings. The minimum atomic E-state index is -0.849. The molecule has 160 valence electrons. The van der Waals surface area contributed by atoms with Gasteiger partial charge in [-0.15, -0.1) is 11.3 Å². The second kappa shape index (κ2) is 10.6. The van der Waals surface area contributed by atoms with E-state index in [9.17, 15) is 19.5 Å². The van der Waals surface area contributed by atoms with E-state index in [1.54, 1.807) is 6.07 Å². The van der Waals surface area contributed by atoms with Crippen molar-refractivity contribution in [3.05, 3.63) is 47.5 Å². The van der Waals surface area contributed by atoms with Crippen LogP contribution in [0.2, 0.25) is 0 Å². The summed E-state index contributed by atoms with van der Waals surface area (Å²) in [5, 5.41) is 15.0. The molecule has 0 bridgehead atoms. The zero-order valence-electron chi connectivity index (χ0n) is 16.8. The molecular weight excluding hydrogens is 404 g/mol. The molecule has 2 rings (SSSR count). The number of nitrogens with one attached hydrogen (secondary N) is 2. The first-order chi connectivity index (χ1) is 14.2. The third-order valence-corrected chi connectivity index (χ3v) is 5.33. The minimum absolute atomic E-state index is 0.207. The Morgan fingerprint density at radius 3 is 2.37 bits per heavy atom. The van der Waals surface area contributed by atoms with Crippen LogP contribution in [0.15, 0.2) is 36.4 Å². The van der Waals surface area contributed by atoms with E-state index in [2.05, 4.69) is 10.6 Å². The molecule has 30 heavy (non-hydrogen) atoms. The molecule has 1 atom stereocenters. The number of primary amides is 2. The number of benzene rings is 1. The Kier molecular flexibility index (Phi) is 8.14. The van der Waals surface area contributed by atoms with Gasteiger partial charge in [0, 0.05) is 11.4 Å². The second-order valence-electron chi connectivity index (χ2n) is 7.16. The van der Waals surface area contributed by atoms with Gasteiger partial charge in [0.15, 0.2) is 0 Å². The fraction of sp³-hybridized carbons (Fsp3) is 0.286. The fourth-order valence-electron chi connectivity index (χ4n) is 2.83. The maximum Gasteiger partial charge on any atom is 0.320 e. The normalized spacial score (nSPS) is 12.2. The van der Waals surface area contributed by atoms with Gasteiger partial charge in [0.1, 0.15) is 11.0 Å². The molecule has 1 aromatic heterocycles. The maximum atomic E-state index is 11.6. The predicted molar refractivity (Wildman–Crippen MR) is 119 cm³/mol. The smallest absolute Gasteiger partial charge is 0.320 e. The molecule has 0 aliphatic carbocycles. The quantitative estimate of drug-likeness (QED) is 0.393. The van der Waals surface area contributed by atoms with Gasteiger partial charge in [0.2, 0.25) is 0 Å². The number of amides is 3. The van der Waals surface area contributed by atoms with Crippen LogP contribution in [-0.2, 0) is 4.79 Å². The zero-order chi connectivity index (χ0) is 22.3. The van der Waals surface area contributed by atoms with Crippen molar-refractivity contribution in [3.8, 4) is 10.4 Å². The van der Waals surface area contributed by atoms with Crippen LogP contribution in [0, 0.1) is 5.92 Å². The Balaban J connectivity index is 2.04. The number of thiophene rings is 1. The monoisotopic (exact) mass is 430 g/mol. The van der Waals surface area contributed by atoms with Gasteiger partial charge >= 0.3 is 12.0 Å². The third-order valence-electron chi connectivity index (χ3n) is 4.23. The van der Waals surface area contributed by atoms with Crippen LogP contribution < -0.4 is 22.1 Å². The number of carbonyl (C=O) groups excluding carboxylic acids is 2. The molecule has 0 unspecified atom stereocenters. The number of carboxylic acids is 1.